The lowest BCUT2D eigenvalue weighted by molar-refractivity contribution is 0.361. The zero-order valence-electron chi connectivity index (χ0n) is 6.35. The minimum absolute atomic E-state index is 1.01. The first-order valence-corrected chi connectivity index (χ1v) is 5.43. The molecule has 1 aliphatic rings. The van der Waals surface area contributed by atoms with Crippen molar-refractivity contribution in [3.63, 3.8) is 0 Å². The van der Waals surface area contributed by atoms with Crippen molar-refractivity contribution >= 4 is 22.6 Å². The Hall–Kier alpha value is 0.470. The molecule has 0 aromatic carbocycles. The van der Waals surface area contributed by atoms with Crippen molar-refractivity contribution in [2.24, 2.45) is 5.92 Å². The largest absolute Gasteiger partial charge is 0.0782 e. The molecule has 1 heteroatoms. The van der Waals surface area contributed by atoms with E-state index < -0.39 is 0 Å². The van der Waals surface area contributed by atoms with E-state index in [-0.39, 0.29) is 0 Å². The first-order valence-electron chi connectivity index (χ1n) is 4.18. The van der Waals surface area contributed by atoms with E-state index in [1.165, 1.54) is 38.5 Å². The molecule has 0 aromatic heterocycles. The molecular weight excluding hydrogens is 235 g/mol. The molecule has 0 spiro atoms. The summed E-state index contributed by atoms with van der Waals surface area (Å²) in [7, 11) is 0. The monoisotopic (exact) mass is 250 g/mol. The normalized spacial score (nSPS) is 22.1. The van der Waals surface area contributed by atoms with E-state index in [0.717, 1.165) is 5.92 Å². The molecule has 0 aromatic rings. The lowest BCUT2D eigenvalue weighted by atomic mass is 9.87. The Kier molecular flexibility index (Phi) is 4.42. The van der Waals surface area contributed by atoms with Gasteiger partial charge in [-0.25, -0.2) is 0 Å². The van der Waals surface area contributed by atoms with Crippen LogP contribution < -0.4 is 0 Å². The summed E-state index contributed by atoms with van der Waals surface area (Å²) in [6.45, 7) is 0. The van der Waals surface area contributed by atoms with Crippen molar-refractivity contribution in [2.45, 2.75) is 38.5 Å². The maximum Gasteiger partial charge on any atom is -0.0274 e. The molecule has 0 amide bonds. The van der Waals surface area contributed by atoms with Gasteiger partial charge in [0, 0.05) is 0 Å². The van der Waals surface area contributed by atoms with Gasteiger partial charge >= 0.3 is 0 Å². The van der Waals surface area contributed by atoms with Gasteiger partial charge in [-0.3, -0.25) is 0 Å². The fourth-order valence-electron chi connectivity index (χ4n) is 1.67. The Labute approximate surface area is 77.2 Å². The molecule has 1 aliphatic carbocycles. The third-order valence-electron chi connectivity index (χ3n) is 2.28. The second-order valence-electron chi connectivity index (χ2n) is 3.10. The molecule has 1 saturated carbocycles. The van der Waals surface area contributed by atoms with Gasteiger partial charge in [0.1, 0.15) is 0 Å². The lowest BCUT2D eigenvalue weighted by Crippen LogP contribution is -2.04. The summed E-state index contributed by atoms with van der Waals surface area (Å²) in [5, 5.41) is 0. The molecule has 0 unspecified atom stereocenters. The highest BCUT2D eigenvalue weighted by Crippen LogP contribution is 2.26. The Balaban J connectivity index is 2.13. The van der Waals surface area contributed by atoms with E-state index in [9.17, 15) is 0 Å². The lowest BCUT2D eigenvalue weighted by Gasteiger charge is -2.19. The second kappa shape index (κ2) is 5.16. The summed E-state index contributed by atoms with van der Waals surface area (Å²) in [5.41, 5.74) is 0. The molecule has 0 radical (unpaired) electrons. The zero-order valence-corrected chi connectivity index (χ0v) is 8.51. The van der Waals surface area contributed by atoms with Gasteiger partial charge in [-0.1, -0.05) is 60.8 Å². The van der Waals surface area contributed by atoms with Gasteiger partial charge in [-0.05, 0) is 16.4 Å². The van der Waals surface area contributed by atoms with Crippen LogP contribution in [0.5, 0.6) is 0 Å². The third kappa shape index (κ3) is 3.04. The highest BCUT2D eigenvalue weighted by Gasteiger charge is 2.10. The first-order chi connectivity index (χ1) is 4.93. The van der Waals surface area contributed by atoms with Gasteiger partial charge in [-0.2, -0.15) is 0 Å². The van der Waals surface area contributed by atoms with Crippen molar-refractivity contribution in [3.05, 3.63) is 10.2 Å². The minimum atomic E-state index is 1.01. The molecule has 1 rings (SSSR count). The van der Waals surface area contributed by atoms with Crippen LogP contribution in [-0.4, -0.2) is 0 Å². The maximum absolute atomic E-state index is 2.30. The standard InChI is InChI=1S/C9H15I/c10-8-4-7-9-5-2-1-3-6-9/h4,8-9H,1-3,5-7H2/b8-4+. The molecule has 1 fully saturated rings. The van der Waals surface area contributed by atoms with Gasteiger partial charge in [-0.15, -0.1) is 0 Å². The molecular formula is C9H15I. The molecule has 58 valence electrons. The highest BCUT2D eigenvalue weighted by molar-refractivity contribution is 14.1. The van der Waals surface area contributed by atoms with Crippen molar-refractivity contribution in [3.8, 4) is 0 Å². The second-order valence-corrected chi connectivity index (χ2v) is 3.82. The van der Waals surface area contributed by atoms with Crippen molar-refractivity contribution in [1.29, 1.82) is 0 Å². The molecule has 0 bridgehead atoms. The Morgan fingerprint density at radius 3 is 2.50 bits per heavy atom. The zero-order chi connectivity index (χ0) is 7.23. The summed E-state index contributed by atoms with van der Waals surface area (Å²) in [6, 6.07) is 0. The average Bonchev–Trinajstić information content (AvgIpc) is 2.03. The van der Waals surface area contributed by atoms with E-state index in [1.807, 2.05) is 0 Å². The molecule has 0 N–H and O–H groups in total. The van der Waals surface area contributed by atoms with Crippen molar-refractivity contribution < 1.29 is 0 Å². The SMILES string of the molecule is I/C=C/CC1CCCCC1. The van der Waals surface area contributed by atoms with Crippen LogP contribution in [0.25, 0.3) is 0 Å². The summed E-state index contributed by atoms with van der Waals surface area (Å²) in [5.74, 6) is 1.01. The van der Waals surface area contributed by atoms with Gasteiger partial charge in [0.25, 0.3) is 0 Å². The minimum Gasteiger partial charge on any atom is -0.0782 e. The predicted octanol–water partition coefficient (Wildman–Crippen LogP) is 3.91. The van der Waals surface area contributed by atoms with Crippen LogP contribution in [0.2, 0.25) is 0 Å². The van der Waals surface area contributed by atoms with Crippen molar-refractivity contribution in [1.82, 2.24) is 0 Å². The van der Waals surface area contributed by atoms with E-state index >= 15 is 0 Å². The topological polar surface area (TPSA) is 0 Å². The smallest absolute Gasteiger partial charge is 0.0274 e. The van der Waals surface area contributed by atoms with Gasteiger partial charge in [0.15, 0.2) is 0 Å². The van der Waals surface area contributed by atoms with Crippen LogP contribution in [0.3, 0.4) is 0 Å². The number of halogens is 1. The van der Waals surface area contributed by atoms with E-state index in [2.05, 4.69) is 32.7 Å². The van der Waals surface area contributed by atoms with Crippen LogP contribution in [0.15, 0.2) is 10.2 Å². The molecule has 0 nitrogen and oxygen atoms in total. The summed E-state index contributed by atoms with van der Waals surface area (Å²) in [4.78, 5) is 0. The Morgan fingerprint density at radius 2 is 1.90 bits per heavy atom. The van der Waals surface area contributed by atoms with Crippen LogP contribution in [0.1, 0.15) is 38.5 Å². The summed E-state index contributed by atoms with van der Waals surface area (Å²) < 4.78 is 2.15. The van der Waals surface area contributed by atoms with E-state index in [1.54, 1.807) is 0 Å². The van der Waals surface area contributed by atoms with Crippen molar-refractivity contribution in [2.75, 3.05) is 0 Å². The number of allylic oxidation sites excluding steroid dienone is 1. The van der Waals surface area contributed by atoms with Crippen LogP contribution in [0, 0.1) is 5.92 Å². The Morgan fingerprint density at radius 1 is 1.20 bits per heavy atom. The molecule has 0 saturated heterocycles. The maximum atomic E-state index is 2.30. The molecule has 0 atom stereocenters. The van der Waals surface area contributed by atoms with Gasteiger partial charge in [0.2, 0.25) is 0 Å². The number of rotatable bonds is 2. The molecule has 0 aliphatic heterocycles. The molecule has 0 heterocycles. The Bertz CT molecular complexity index is 101. The summed E-state index contributed by atoms with van der Waals surface area (Å²) >= 11 is 2.30. The highest BCUT2D eigenvalue weighted by atomic mass is 127. The van der Waals surface area contributed by atoms with Crippen LogP contribution in [0.4, 0.5) is 0 Å². The van der Waals surface area contributed by atoms with Crippen LogP contribution in [-0.2, 0) is 0 Å². The fraction of sp³-hybridized carbons (Fsp3) is 0.778. The average molecular weight is 250 g/mol. The quantitative estimate of drug-likeness (QED) is 0.652. The van der Waals surface area contributed by atoms with Crippen LogP contribution >= 0.6 is 22.6 Å². The fourth-order valence-corrected chi connectivity index (χ4v) is 1.96. The predicted molar refractivity (Wildman–Crippen MR) is 54.4 cm³/mol. The number of hydrogen-bond donors (Lipinski definition) is 0. The summed E-state index contributed by atoms with van der Waals surface area (Å²) in [6.07, 6.45) is 11.0. The molecule has 10 heavy (non-hydrogen) atoms. The van der Waals surface area contributed by atoms with Gasteiger partial charge < -0.3 is 0 Å². The first kappa shape index (κ1) is 8.57. The van der Waals surface area contributed by atoms with E-state index in [4.69, 9.17) is 0 Å². The van der Waals surface area contributed by atoms with E-state index in [0.29, 0.717) is 0 Å². The van der Waals surface area contributed by atoms with Gasteiger partial charge in [0.05, 0.1) is 0 Å². The third-order valence-corrected chi connectivity index (χ3v) is 2.79. The number of hydrogen-bond acceptors (Lipinski definition) is 0.